The van der Waals surface area contributed by atoms with Gasteiger partial charge in [-0.2, -0.15) is 0 Å². The molecule has 1 aromatic carbocycles. The van der Waals surface area contributed by atoms with E-state index < -0.39 is 5.97 Å². The molecule has 1 aliphatic heterocycles. The average Bonchev–Trinajstić information content (AvgIpc) is 2.47. The minimum Gasteiger partial charge on any atom is -0.481 e. The van der Waals surface area contributed by atoms with E-state index >= 15 is 0 Å². The van der Waals surface area contributed by atoms with Crippen molar-refractivity contribution >= 4 is 5.97 Å². The van der Waals surface area contributed by atoms with Crippen LogP contribution in [0.1, 0.15) is 28.0 Å². The number of fused-ring (bicyclic) bond motifs is 2. The summed E-state index contributed by atoms with van der Waals surface area (Å²) < 4.78 is 11.0. The molecule has 0 unspecified atom stereocenters. The number of benzene rings is 1. The standard InChI is InChI=1S/C16H15NO4/c1-20-15-8-7-13-12(17-15)4-2-3-10-5-6-11(16(18)19)9-14(10)21-13/h5-9H,2-4H2,1H3,(H,18,19). The number of aryl methyl sites for hydroxylation is 2. The Labute approximate surface area is 122 Å². The number of pyridine rings is 1. The van der Waals surface area contributed by atoms with Crippen molar-refractivity contribution in [2.45, 2.75) is 19.3 Å². The van der Waals surface area contributed by atoms with Crippen molar-refractivity contribution in [2.75, 3.05) is 7.11 Å². The molecule has 108 valence electrons. The van der Waals surface area contributed by atoms with Crippen molar-refractivity contribution in [1.82, 2.24) is 4.98 Å². The third-order valence-electron chi connectivity index (χ3n) is 3.51. The van der Waals surface area contributed by atoms with E-state index in [-0.39, 0.29) is 5.56 Å². The second-order valence-corrected chi connectivity index (χ2v) is 4.88. The second kappa shape index (κ2) is 5.44. The SMILES string of the molecule is COc1ccc2c(n1)CCCc1ccc(C(=O)O)cc1O2. The molecule has 21 heavy (non-hydrogen) atoms. The summed E-state index contributed by atoms with van der Waals surface area (Å²) in [6, 6.07) is 8.54. The normalized spacial score (nSPS) is 13.2. The predicted molar refractivity (Wildman–Crippen MR) is 76.3 cm³/mol. The van der Waals surface area contributed by atoms with Gasteiger partial charge in [0.25, 0.3) is 0 Å². The van der Waals surface area contributed by atoms with Gasteiger partial charge in [-0.15, -0.1) is 0 Å². The largest absolute Gasteiger partial charge is 0.481 e. The zero-order valence-electron chi connectivity index (χ0n) is 11.6. The van der Waals surface area contributed by atoms with Crippen molar-refractivity contribution in [3.63, 3.8) is 0 Å². The van der Waals surface area contributed by atoms with Gasteiger partial charge >= 0.3 is 5.97 Å². The number of rotatable bonds is 2. The van der Waals surface area contributed by atoms with Crippen LogP contribution in [-0.2, 0) is 12.8 Å². The van der Waals surface area contributed by atoms with E-state index in [1.54, 1.807) is 25.3 Å². The first-order valence-corrected chi connectivity index (χ1v) is 6.75. The molecule has 0 saturated heterocycles. The number of carboxylic acid groups (broad SMARTS) is 1. The van der Waals surface area contributed by atoms with Crippen molar-refractivity contribution in [3.8, 4) is 17.4 Å². The Morgan fingerprint density at radius 3 is 2.86 bits per heavy atom. The molecule has 3 rings (SSSR count). The molecule has 0 saturated carbocycles. The predicted octanol–water partition coefficient (Wildman–Crippen LogP) is 3.07. The van der Waals surface area contributed by atoms with E-state index in [4.69, 9.17) is 14.6 Å². The molecule has 1 aromatic heterocycles. The molecule has 0 radical (unpaired) electrons. The van der Waals surface area contributed by atoms with Crippen LogP contribution in [0.5, 0.6) is 17.4 Å². The van der Waals surface area contributed by atoms with Gasteiger partial charge < -0.3 is 14.6 Å². The van der Waals surface area contributed by atoms with Gasteiger partial charge in [0.2, 0.25) is 5.88 Å². The third-order valence-corrected chi connectivity index (χ3v) is 3.51. The quantitative estimate of drug-likeness (QED) is 0.918. The maximum atomic E-state index is 11.1. The minimum absolute atomic E-state index is 0.220. The smallest absolute Gasteiger partial charge is 0.335 e. The fraction of sp³-hybridized carbons (Fsp3) is 0.250. The van der Waals surface area contributed by atoms with E-state index in [1.807, 2.05) is 12.1 Å². The van der Waals surface area contributed by atoms with Crippen LogP contribution < -0.4 is 9.47 Å². The molecule has 0 spiro atoms. The van der Waals surface area contributed by atoms with Gasteiger partial charge in [-0.25, -0.2) is 9.78 Å². The van der Waals surface area contributed by atoms with Crippen LogP contribution >= 0.6 is 0 Å². The summed E-state index contributed by atoms with van der Waals surface area (Å²) >= 11 is 0. The van der Waals surface area contributed by atoms with E-state index in [2.05, 4.69) is 4.98 Å². The number of carbonyl (C=O) groups is 1. The number of hydrogen-bond acceptors (Lipinski definition) is 4. The van der Waals surface area contributed by atoms with E-state index in [0.29, 0.717) is 17.4 Å². The molecule has 2 aromatic rings. The van der Waals surface area contributed by atoms with E-state index in [0.717, 1.165) is 30.5 Å². The molecule has 0 amide bonds. The van der Waals surface area contributed by atoms with Crippen molar-refractivity contribution in [3.05, 3.63) is 47.2 Å². The van der Waals surface area contributed by atoms with Crippen LogP contribution in [0.2, 0.25) is 0 Å². The Morgan fingerprint density at radius 2 is 2.10 bits per heavy atom. The van der Waals surface area contributed by atoms with Gasteiger partial charge in [0.05, 0.1) is 18.4 Å². The zero-order chi connectivity index (χ0) is 14.8. The summed E-state index contributed by atoms with van der Waals surface area (Å²) in [7, 11) is 1.58. The highest BCUT2D eigenvalue weighted by molar-refractivity contribution is 5.88. The summed E-state index contributed by atoms with van der Waals surface area (Å²) in [5.74, 6) is 0.830. The minimum atomic E-state index is -0.962. The second-order valence-electron chi connectivity index (χ2n) is 4.88. The fourth-order valence-electron chi connectivity index (χ4n) is 2.41. The number of ether oxygens (including phenoxy) is 2. The molecule has 5 heteroatoms. The number of methoxy groups -OCH3 is 1. The summed E-state index contributed by atoms with van der Waals surface area (Å²) in [5, 5.41) is 9.09. The van der Waals surface area contributed by atoms with Crippen molar-refractivity contribution in [1.29, 1.82) is 0 Å². The Hall–Kier alpha value is -2.56. The first-order valence-electron chi connectivity index (χ1n) is 6.75. The molecule has 1 aliphatic rings. The topological polar surface area (TPSA) is 68.7 Å². The van der Waals surface area contributed by atoms with Gasteiger partial charge in [-0.05, 0) is 43.0 Å². The van der Waals surface area contributed by atoms with Crippen molar-refractivity contribution in [2.24, 2.45) is 0 Å². The lowest BCUT2D eigenvalue weighted by atomic mass is 10.0. The first-order chi connectivity index (χ1) is 10.2. The number of hydrogen-bond donors (Lipinski definition) is 1. The molecule has 0 bridgehead atoms. The maximum Gasteiger partial charge on any atom is 0.335 e. The van der Waals surface area contributed by atoms with Gasteiger partial charge in [0.1, 0.15) is 11.5 Å². The summed E-state index contributed by atoms with van der Waals surface area (Å²) in [5.41, 5.74) is 2.07. The highest BCUT2D eigenvalue weighted by Gasteiger charge is 2.16. The van der Waals surface area contributed by atoms with Gasteiger partial charge in [0.15, 0.2) is 0 Å². The zero-order valence-corrected chi connectivity index (χ0v) is 11.6. The fourth-order valence-corrected chi connectivity index (χ4v) is 2.41. The molecule has 2 heterocycles. The van der Waals surface area contributed by atoms with Crippen molar-refractivity contribution < 1.29 is 19.4 Å². The van der Waals surface area contributed by atoms with Crippen LogP contribution in [0, 0.1) is 0 Å². The Kier molecular flexibility index (Phi) is 3.48. The molecule has 1 N–H and O–H groups in total. The molecule has 5 nitrogen and oxygen atoms in total. The third kappa shape index (κ3) is 2.67. The summed E-state index contributed by atoms with van der Waals surface area (Å²) in [4.78, 5) is 15.5. The molecule has 0 aliphatic carbocycles. The Morgan fingerprint density at radius 1 is 1.24 bits per heavy atom. The molecular formula is C16H15NO4. The van der Waals surface area contributed by atoms with Crippen LogP contribution in [0.25, 0.3) is 0 Å². The molecule has 0 fully saturated rings. The number of aromatic nitrogens is 1. The summed E-state index contributed by atoms with van der Waals surface area (Å²) in [6.45, 7) is 0. The lowest BCUT2D eigenvalue weighted by Gasteiger charge is -2.18. The van der Waals surface area contributed by atoms with Gasteiger partial charge in [-0.3, -0.25) is 0 Å². The van der Waals surface area contributed by atoms with Crippen LogP contribution in [0.3, 0.4) is 0 Å². The average molecular weight is 285 g/mol. The highest BCUT2D eigenvalue weighted by Crippen LogP contribution is 2.33. The van der Waals surface area contributed by atoms with E-state index in [1.165, 1.54) is 0 Å². The van der Waals surface area contributed by atoms with Crippen LogP contribution in [0.4, 0.5) is 0 Å². The van der Waals surface area contributed by atoms with Crippen LogP contribution in [0.15, 0.2) is 30.3 Å². The number of carboxylic acids is 1. The maximum absolute atomic E-state index is 11.1. The summed E-state index contributed by atoms with van der Waals surface area (Å²) in [6.07, 6.45) is 2.55. The van der Waals surface area contributed by atoms with Crippen LogP contribution in [-0.4, -0.2) is 23.2 Å². The number of nitrogens with zero attached hydrogens (tertiary/aromatic N) is 1. The lowest BCUT2D eigenvalue weighted by Crippen LogP contribution is -2.05. The highest BCUT2D eigenvalue weighted by atomic mass is 16.5. The van der Waals surface area contributed by atoms with Gasteiger partial charge in [0, 0.05) is 6.07 Å². The van der Waals surface area contributed by atoms with Gasteiger partial charge in [-0.1, -0.05) is 6.07 Å². The first kappa shape index (κ1) is 13.4. The lowest BCUT2D eigenvalue weighted by molar-refractivity contribution is 0.0696. The molecular weight excluding hydrogens is 270 g/mol. The Balaban J connectivity index is 2.02. The Bertz CT molecular complexity index is 697. The number of aromatic carboxylic acids is 1. The molecule has 0 atom stereocenters. The van der Waals surface area contributed by atoms with E-state index in [9.17, 15) is 4.79 Å². The monoisotopic (exact) mass is 285 g/mol.